The van der Waals surface area contributed by atoms with E-state index in [0.29, 0.717) is 23.7 Å². The van der Waals surface area contributed by atoms with Crippen LogP contribution in [-0.4, -0.2) is 6.01 Å². The summed E-state index contributed by atoms with van der Waals surface area (Å²) >= 11 is 0. The number of para-hydroxylation sites is 6. The second-order valence-electron chi connectivity index (χ2n) is 15.2. The molecule has 2 heterocycles. The van der Waals surface area contributed by atoms with Crippen molar-refractivity contribution in [1.29, 1.82) is 0 Å². The molecule has 0 unspecified atom stereocenters. The molecule has 5 aromatic rings. The predicted molar refractivity (Wildman–Crippen MR) is 211 cm³/mol. The van der Waals surface area contributed by atoms with Crippen LogP contribution in [0.4, 0.5) is 34.1 Å². The zero-order chi connectivity index (χ0) is 35.0. The molecule has 7 rings (SSSR count). The normalized spacial score (nSPS) is 13.8. The van der Waals surface area contributed by atoms with Crippen LogP contribution in [0.1, 0.15) is 126 Å². The molecule has 0 fully saturated rings. The Hall–Kier alpha value is -3.98. The van der Waals surface area contributed by atoms with E-state index in [9.17, 15) is 0 Å². The molecule has 5 aromatic carbocycles. The maximum Gasteiger partial charge on any atom is 1.00 e. The van der Waals surface area contributed by atoms with Crippen LogP contribution in [0.25, 0.3) is 5.32 Å². The molecular weight excluding hydrogens is 791 g/mol. The van der Waals surface area contributed by atoms with Crippen molar-refractivity contribution >= 4 is 40.1 Å². The summed E-state index contributed by atoms with van der Waals surface area (Å²) in [5.74, 6) is 1.71. The van der Waals surface area contributed by atoms with Crippen molar-refractivity contribution in [2.24, 2.45) is 0 Å². The third kappa shape index (κ3) is 6.85. The van der Waals surface area contributed by atoms with E-state index in [1.165, 1.54) is 56.1 Å². The molecule has 0 aliphatic carbocycles. The minimum absolute atomic E-state index is 0. The third-order valence-electron chi connectivity index (χ3n) is 10.1. The van der Waals surface area contributed by atoms with Gasteiger partial charge in [-0.15, -0.1) is 11.4 Å². The van der Waals surface area contributed by atoms with Gasteiger partial charge in [-0.1, -0.05) is 177 Å². The first-order chi connectivity index (χ1) is 23.4. The topological polar surface area (TPSA) is 20.1 Å². The molecule has 260 valence electrons. The van der Waals surface area contributed by atoms with Crippen molar-refractivity contribution < 1.29 is 22.4 Å². The van der Waals surface area contributed by atoms with Crippen LogP contribution >= 0.6 is 0 Å². The van der Waals surface area contributed by atoms with E-state index in [2.05, 4.69) is 181 Å². The fourth-order valence-electron chi connectivity index (χ4n) is 7.41. The van der Waals surface area contributed by atoms with E-state index in [4.69, 9.17) is 5.32 Å². The Morgan fingerprint density at radius 1 is 0.460 bits per heavy atom. The number of rotatable bonds is 6. The number of benzene rings is 5. The van der Waals surface area contributed by atoms with Gasteiger partial charge in [-0.2, -0.15) is 0 Å². The van der Waals surface area contributed by atoms with Crippen LogP contribution in [0.3, 0.4) is 0 Å². The number of hydrogen-bond acceptors (Lipinski definition) is 0. The van der Waals surface area contributed by atoms with Gasteiger partial charge in [0.25, 0.3) is 11.4 Å². The fraction of sp³-hybridized carbons (Fsp3) is 0.326. The summed E-state index contributed by atoms with van der Waals surface area (Å²) in [5, 5.41) is 4.70. The monoisotopic (exact) mass is 843 g/mol. The molecule has 0 spiro atoms. The van der Waals surface area contributed by atoms with E-state index in [0.717, 1.165) is 11.4 Å². The van der Waals surface area contributed by atoms with Crippen LogP contribution in [0, 0.1) is 0 Å². The Bertz CT molecular complexity index is 1880. The number of hydrogen-bond donors (Lipinski definition) is 0. The Morgan fingerprint density at radius 3 is 1.12 bits per heavy atom. The summed E-state index contributed by atoms with van der Waals surface area (Å²) in [5.41, 5.74) is 15.3. The van der Waals surface area contributed by atoms with Crippen molar-refractivity contribution in [2.75, 3.05) is 0 Å². The average molecular weight is 844 g/mol. The van der Waals surface area contributed by atoms with Crippen LogP contribution in [-0.2, 0) is 27.8 Å². The van der Waals surface area contributed by atoms with Gasteiger partial charge in [0.15, 0.2) is 0 Å². The van der Waals surface area contributed by atoms with E-state index in [1.807, 2.05) is 12.1 Å². The quantitative estimate of drug-likeness (QED) is 0.118. The Labute approximate surface area is 316 Å². The maximum atomic E-state index is 4.70. The van der Waals surface area contributed by atoms with Gasteiger partial charge in [-0.3, -0.25) is 0 Å². The minimum Gasteiger partial charge on any atom is -0.657 e. The van der Waals surface area contributed by atoms with Gasteiger partial charge < -0.3 is 5.32 Å². The Kier molecular flexibility index (Phi) is 11.3. The smallest absolute Gasteiger partial charge is 0.657 e. The van der Waals surface area contributed by atoms with Gasteiger partial charge in [-0.25, -0.2) is 0 Å². The third-order valence-corrected chi connectivity index (χ3v) is 10.1. The second kappa shape index (κ2) is 15.1. The van der Waals surface area contributed by atoms with Gasteiger partial charge >= 0.3 is 28.4 Å². The summed E-state index contributed by atoms with van der Waals surface area (Å²) in [7, 11) is 0. The molecule has 0 saturated heterocycles. The van der Waals surface area contributed by atoms with E-state index in [-0.39, 0.29) is 27.8 Å². The maximum absolute atomic E-state index is 4.70. The van der Waals surface area contributed by atoms with Crippen molar-refractivity contribution in [2.45, 2.75) is 98.3 Å². The number of nitrogens with zero attached hydrogens (tertiary/aromatic N) is 3. The summed E-state index contributed by atoms with van der Waals surface area (Å²) < 4.78 is 4.64. The minimum atomic E-state index is 0. The summed E-state index contributed by atoms with van der Waals surface area (Å²) in [6.45, 7) is 22.8. The Balaban J connectivity index is 0.000000238. The van der Waals surface area contributed by atoms with Gasteiger partial charge in [-0.05, 0) is 32.8 Å². The molecular formula is C46H52AuN3+2. The number of fused-ring (bicyclic) bond motifs is 3. The van der Waals surface area contributed by atoms with Crippen LogP contribution in [0.5, 0.6) is 0 Å². The zero-order valence-electron chi connectivity index (χ0n) is 31.3. The molecule has 0 bridgehead atoms. The van der Waals surface area contributed by atoms with Crippen molar-refractivity contribution in [1.82, 2.24) is 9.15 Å². The second-order valence-corrected chi connectivity index (χ2v) is 15.2. The molecule has 0 saturated carbocycles. The molecule has 50 heavy (non-hydrogen) atoms. The largest absolute Gasteiger partial charge is 1.00 e. The molecule has 4 heteroatoms. The first-order valence-electron chi connectivity index (χ1n) is 18.0. The zero-order valence-corrected chi connectivity index (χ0v) is 33.5. The average Bonchev–Trinajstić information content (AvgIpc) is 3.47. The van der Waals surface area contributed by atoms with Crippen molar-refractivity contribution in [3.63, 3.8) is 0 Å². The van der Waals surface area contributed by atoms with Gasteiger partial charge in [0.2, 0.25) is 11.4 Å². The molecule has 0 N–H and O–H groups in total. The van der Waals surface area contributed by atoms with Crippen molar-refractivity contribution in [3.8, 4) is 0 Å². The molecule has 3 nitrogen and oxygen atoms in total. The molecule has 2 aliphatic heterocycles. The molecule has 0 atom stereocenters. The van der Waals surface area contributed by atoms with E-state index < -0.39 is 0 Å². The van der Waals surface area contributed by atoms with Gasteiger partial charge in [0, 0.05) is 39.8 Å². The summed E-state index contributed by atoms with van der Waals surface area (Å²) in [6, 6.07) is 42.9. The summed E-state index contributed by atoms with van der Waals surface area (Å²) in [4.78, 5) is 0. The van der Waals surface area contributed by atoms with Crippen LogP contribution < -0.4 is 9.15 Å². The SMILES string of the molecule is CC(C)c1cccc(C(C)C)c1[N+]1=C=[N+](c2c(C(C)C)cccc2C(C)C)c2ccccc21.CC1(C)c2ccccc2[N-]c2ccccc21.[Au+]. The van der Waals surface area contributed by atoms with Gasteiger partial charge in [0.05, 0.1) is 0 Å². The standard InChI is InChI=1S/C31H38N2.C15H14N.Au/c1-20(2)24-13-11-14-25(21(3)4)30(24)32-19-33(29-18-10-9-17-28(29)32)31-26(22(5)6)15-12-16-27(31)23(7)8;1-15(2)11-7-3-5-9-13(11)16-14-10-6-4-8-12(14)15;/h9-18,20-23H,1-8H3;3-10H,1-2H3;/q+2;-1;+1. The van der Waals surface area contributed by atoms with Crippen molar-refractivity contribution in [3.05, 3.63) is 148 Å². The molecule has 0 radical (unpaired) electrons. The molecule has 0 amide bonds. The fourth-order valence-corrected chi connectivity index (χ4v) is 7.41. The predicted octanol–water partition coefficient (Wildman–Crippen LogP) is 13.7. The first-order valence-corrected chi connectivity index (χ1v) is 18.0. The first kappa shape index (κ1) is 37.3. The molecule has 2 aliphatic rings. The Morgan fingerprint density at radius 2 is 0.780 bits per heavy atom. The van der Waals surface area contributed by atoms with E-state index in [1.54, 1.807) is 0 Å². The van der Waals surface area contributed by atoms with Crippen LogP contribution in [0.2, 0.25) is 0 Å². The van der Waals surface area contributed by atoms with E-state index >= 15 is 0 Å². The van der Waals surface area contributed by atoms with Gasteiger partial charge in [0.1, 0.15) is 0 Å². The molecule has 0 aromatic heterocycles. The van der Waals surface area contributed by atoms with Crippen LogP contribution in [0.15, 0.2) is 109 Å². The summed E-state index contributed by atoms with van der Waals surface area (Å²) in [6.07, 6.45) is 0.